The molecule has 4 aliphatic heterocycles. The molecule has 65 valence electrons. The summed E-state index contributed by atoms with van der Waals surface area (Å²) < 4.78 is 1.92. The number of hydrogen-bond acceptors (Lipinski definition) is 3. The lowest BCUT2D eigenvalue weighted by Crippen LogP contribution is -2.72. The first-order valence-electron chi connectivity index (χ1n) is 4.51. The Morgan fingerprint density at radius 3 is 2.71 bits per heavy atom. The fourth-order valence-electron chi connectivity index (χ4n) is 1.97. The standard InChI is InChI=1S/C10H6N4/c1-2-4-7(5-3-1)13-9-8-6-11-10(13)14(9)12-8/h1-5,9H/q+1. The molecule has 4 bridgehead atoms. The summed E-state index contributed by atoms with van der Waals surface area (Å²) in [6.45, 7) is 0. The third-order valence-corrected chi connectivity index (χ3v) is 2.66. The normalized spacial score (nSPS) is 20.0. The molecule has 1 radical (unpaired) electrons. The molecular weight excluding hydrogens is 176 g/mol. The Hall–Kier alpha value is -1.97. The second kappa shape index (κ2) is 1.92. The zero-order valence-electron chi connectivity index (χ0n) is 7.25. The smallest absolute Gasteiger partial charge is 0.185 e. The Morgan fingerprint density at radius 2 is 2.14 bits per heavy atom. The highest BCUT2D eigenvalue weighted by Crippen LogP contribution is 2.40. The average Bonchev–Trinajstić information content (AvgIpc) is 2.26. The van der Waals surface area contributed by atoms with E-state index in [4.69, 9.17) is 0 Å². The van der Waals surface area contributed by atoms with Crippen molar-refractivity contribution in [2.24, 2.45) is 0 Å². The van der Waals surface area contributed by atoms with Crippen LogP contribution in [0.2, 0.25) is 0 Å². The van der Waals surface area contributed by atoms with Gasteiger partial charge in [0.1, 0.15) is 5.69 Å². The van der Waals surface area contributed by atoms with Crippen molar-refractivity contribution in [3.05, 3.63) is 42.2 Å². The van der Waals surface area contributed by atoms with Crippen LogP contribution in [0.15, 0.2) is 30.3 Å². The predicted octanol–water partition coefficient (Wildman–Crippen LogP) is 0.576. The molecule has 0 saturated carbocycles. The highest BCUT2D eigenvalue weighted by Gasteiger charge is 2.57. The first kappa shape index (κ1) is 6.48. The van der Waals surface area contributed by atoms with Crippen molar-refractivity contribution in [2.45, 2.75) is 6.17 Å². The van der Waals surface area contributed by atoms with Crippen LogP contribution in [0.5, 0.6) is 0 Å². The van der Waals surface area contributed by atoms with E-state index in [1.54, 1.807) is 0 Å². The zero-order valence-corrected chi connectivity index (χ0v) is 7.25. The maximum absolute atomic E-state index is 4.20. The average molecular weight is 182 g/mol. The molecular formula is C10H6N4+. The van der Waals surface area contributed by atoms with Crippen LogP contribution >= 0.6 is 0 Å². The summed E-state index contributed by atoms with van der Waals surface area (Å²) in [5, 5.41) is 4.20. The third kappa shape index (κ3) is 0.537. The SMILES string of the molecule is [c]1nc2[n+]3nc1C3N2c1ccccc1. The summed E-state index contributed by atoms with van der Waals surface area (Å²) >= 11 is 0. The summed E-state index contributed by atoms with van der Waals surface area (Å²) in [7, 11) is 0. The van der Waals surface area contributed by atoms with E-state index in [2.05, 4.69) is 33.3 Å². The maximum Gasteiger partial charge on any atom is 0.426 e. The Kier molecular flexibility index (Phi) is 0.889. The minimum absolute atomic E-state index is 0.268. The van der Waals surface area contributed by atoms with E-state index in [-0.39, 0.29) is 6.17 Å². The van der Waals surface area contributed by atoms with Gasteiger partial charge >= 0.3 is 5.95 Å². The molecule has 2 aromatic rings. The summed E-state index contributed by atoms with van der Waals surface area (Å²) in [4.78, 5) is 6.34. The van der Waals surface area contributed by atoms with E-state index in [1.807, 2.05) is 22.9 Å². The lowest BCUT2D eigenvalue weighted by molar-refractivity contribution is -0.822. The molecule has 14 heavy (non-hydrogen) atoms. The van der Waals surface area contributed by atoms with Gasteiger partial charge in [0.15, 0.2) is 5.69 Å². The summed E-state index contributed by atoms with van der Waals surface area (Å²) in [6, 6.07) is 10.2. The van der Waals surface area contributed by atoms with Gasteiger partial charge in [0.25, 0.3) is 6.17 Å². The maximum atomic E-state index is 4.20. The van der Waals surface area contributed by atoms with Crippen LogP contribution in [0.3, 0.4) is 0 Å². The van der Waals surface area contributed by atoms with Gasteiger partial charge in [-0.3, -0.25) is 0 Å². The summed E-state index contributed by atoms with van der Waals surface area (Å²) in [6.07, 6.45) is 3.17. The molecule has 4 nitrogen and oxygen atoms in total. The van der Waals surface area contributed by atoms with Crippen molar-refractivity contribution in [3.8, 4) is 0 Å². The topological polar surface area (TPSA) is 32.9 Å². The molecule has 0 aliphatic carbocycles. The quantitative estimate of drug-likeness (QED) is 0.605. The van der Waals surface area contributed by atoms with E-state index >= 15 is 0 Å². The third-order valence-electron chi connectivity index (χ3n) is 2.66. The number of benzene rings is 1. The van der Waals surface area contributed by atoms with Gasteiger partial charge in [-0.25, -0.2) is 0 Å². The van der Waals surface area contributed by atoms with Gasteiger partial charge in [0.2, 0.25) is 6.20 Å². The molecule has 0 fully saturated rings. The number of hydrogen-bond donors (Lipinski definition) is 0. The van der Waals surface area contributed by atoms with Crippen molar-refractivity contribution in [1.82, 2.24) is 10.1 Å². The second-order valence-electron chi connectivity index (χ2n) is 3.43. The van der Waals surface area contributed by atoms with Gasteiger partial charge in [-0.05, 0) is 12.1 Å². The zero-order chi connectivity index (χ0) is 9.12. The number of rotatable bonds is 1. The summed E-state index contributed by atoms with van der Waals surface area (Å²) in [5.41, 5.74) is 2.10. The van der Waals surface area contributed by atoms with E-state index < -0.39 is 0 Å². The minimum atomic E-state index is 0.268. The molecule has 1 aromatic carbocycles. The molecule has 6 rings (SSSR count). The predicted molar refractivity (Wildman–Crippen MR) is 47.8 cm³/mol. The molecule has 1 atom stereocenters. The van der Waals surface area contributed by atoms with E-state index in [9.17, 15) is 0 Å². The van der Waals surface area contributed by atoms with Crippen LogP contribution in [0.25, 0.3) is 0 Å². The first-order valence-corrected chi connectivity index (χ1v) is 4.51. The van der Waals surface area contributed by atoms with Gasteiger partial charge in [0, 0.05) is 0 Å². The van der Waals surface area contributed by atoms with Crippen LogP contribution in [0, 0.1) is 6.20 Å². The molecule has 4 heteroatoms. The van der Waals surface area contributed by atoms with Crippen molar-refractivity contribution in [3.63, 3.8) is 0 Å². The Morgan fingerprint density at radius 1 is 1.29 bits per heavy atom. The first-order chi connectivity index (χ1) is 6.95. The molecule has 0 saturated heterocycles. The van der Waals surface area contributed by atoms with E-state index in [1.165, 1.54) is 5.69 Å². The van der Waals surface area contributed by atoms with Gasteiger partial charge in [-0.1, -0.05) is 33.0 Å². The summed E-state index contributed by atoms with van der Waals surface area (Å²) in [5.74, 6) is 0.885. The molecule has 0 spiro atoms. The van der Waals surface area contributed by atoms with Crippen LogP contribution in [-0.4, -0.2) is 10.1 Å². The molecule has 0 amide bonds. The van der Waals surface area contributed by atoms with Crippen LogP contribution in [0.1, 0.15) is 11.9 Å². The molecule has 1 unspecified atom stereocenters. The van der Waals surface area contributed by atoms with Crippen LogP contribution in [-0.2, 0) is 0 Å². The molecule has 4 aliphatic rings. The number of nitrogens with zero attached hydrogens (tertiary/aromatic N) is 4. The Bertz CT molecular complexity index is 519. The van der Waals surface area contributed by atoms with Gasteiger partial charge in [-0.15, -0.1) is 0 Å². The molecule has 1 aromatic heterocycles. The fraction of sp³-hybridized carbons (Fsp3) is 0.100. The minimum Gasteiger partial charge on any atom is -0.185 e. The largest absolute Gasteiger partial charge is 0.426 e. The highest BCUT2D eigenvalue weighted by molar-refractivity contribution is 5.60. The van der Waals surface area contributed by atoms with Gasteiger partial charge in [-0.2, -0.15) is 4.90 Å². The van der Waals surface area contributed by atoms with Crippen molar-refractivity contribution in [1.29, 1.82) is 0 Å². The Labute approximate surface area is 80.4 Å². The van der Waals surface area contributed by atoms with Gasteiger partial charge in [0.05, 0.1) is 0 Å². The van der Waals surface area contributed by atoms with E-state index in [0.29, 0.717) is 0 Å². The van der Waals surface area contributed by atoms with Gasteiger partial charge < -0.3 is 0 Å². The fourth-order valence-corrected chi connectivity index (χ4v) is 1.97. The van der Waals surface area contributed by atoms with Crippen LogP contribution in [0.4, 0.5) is 11.6 Å². The van der Waals surface area contributed by atoms with Crippen molar-refractivity contribution >= 4 is 11.6 Å². The number of para-hydroxylation sites is 1. The van der Waals surface area contributed by atoms with Crippen molar-refractivity contribution in [2.75, 3.05) is 4.90 Å². The van der Waals surface area contributed by atoms with Crippen LogP contribution < -0.4 is 9.58 Å². The lowest BCUT2D eigenvalue weighted by Gasteiger charge is -2.38. The molecule has 5 heterocycles. The molecule has 0 N–H and O–H groups in total. The van der Waals surface area contributed by atoms with E-state index in [0.717, 1.165) is 11.6 Å². The number of anilines is 2. The van der Waals surface area contributed by atoms with Crippen molar-refractivity contribution < 1.29 is 4.68 Å². The number of aromatic nitrogens is 3. The Balaban J connectivity index is 1.87. The lowest BCUT2D eigenvalue weighted by atomic mass is 10.1. The monoisotopic (exact) mass is 182 g/mol. The highest BCUT2D eigenvalue weighted by atomic mass is 15.6. The second-order valence-corrected chi connectivity index (χ2v) is 3.43.